The molecule has 0 bridgehead atoms. The van der Waals surface area contributed by atoms with Gasteiger partial charge >= 0.3 is 6.09 Å². The first kappa shape index (κ1) is 16.0. The first-order valence-electron chi connectivity index (χ1n) is 7.76. The number of nitrogens with one attached hydrogen (secondary N) is 1. The van der Waals surface area contributed by atoms with E-state index in [1.807, 2.05) is 24.3 Å². The number of amides is 2. The highest BCUT2D eigenvalue weighted by Crippen LogP contribution is 2.20. The van der Waals surface area contributed by atoms with Gasteiger partial charge in [0.2, 0.25) is 5.91 Å². The highest BCUT2D eigenvalue weighted by atomic mass is 16.5. The molecule has 2 aromatic rings. The van der Waals surface area contributed by atoms with Crippen LogP contribution in [-0.2, 0) is 9.53 Å². The summed E-state index contributed by atoms with van der Waals surface area (Å²) in [4.78, 5) is 25.7. The van der Waals surface area contributed by atoms with Gasteiger partial charge in [0.1, 0.15) is 12.7 Å². The zero-order chi connectivity index (χ0) is 16.9. The molecule has 1 saturated heterocycles. The lowest BCUT2D eigenvalue weighted by molar-refractivity contribution is -0.121. The summed E-state index contributed by atoms with van der Waals surface area (Å²) >= 11 is 0. The maximum Gasteiger partial charge on any atom is 0.409 e. The minimum atomic E-state index is -0.387. The molecule has 8 heteroatoms. The predicted octanol–water partition coefficient (Wildman–Crippen LogP) is 1.68. The summed E-state index contributed by atoms with van der Waals surface area (Å²) in [5.41, 5.74) is 1.55. The zero-order valence-corrected chi connectivity index (χ0v) is 13.4. The molecule has 1 fully saturated rings. The summed E-state index contributed by atoms with van der Waals surface area (Å²) in [5, 5.41) is 10.5. The Morgan fingerprint density at radius 3 is 2.83 bits per heavy atom. The van der Waals surface area contributed by atoms with Crippen molar-refractivity contribution in [3.63, 3.8) is 0 Å². The third kappa shape index (κ3) is 3.53. The van der Waals surface area contributed by atoms with Gasteiger partial charge in [-0.1, -0.05) is 6.07 Å². The molecule has 24 heavy (non-hydrogen) atoms. The van der Waals surface area contributed by atoms with E-state index in [-0.39, 0.29) is 17.9 Å². The Balaban J connectivity index is 1.66. The van der Waals surface area contributed by atoms with E-state index in [4.69, 9.17) is 4.74 Å². The second-order valence-electron chi connectivity index (χ2n) is 5.66. The SMILES string of the molecule is COC(=O)N1CCCC(C(=O)Nc2cccc(-n3cnnc3)c2)C1. The van der Waals surface area contributed by atoms with E-state index in [1.165, 1.54) is 7.11 Å². The van der Waals surface area contributed by atoms with Gasteiger partial charge in [0.15, 0.2) is 0 Å². The molecule has 3 rings (SSSR count). The second-order valence-corrected chi connectivity index (χ2v) is 5.66. The van der Waals surface area contributed by atoms with E-state index in [9.17, 15) is 9.59 Å². The lowest BCUT2D eigenvalue weighted by atomic mass is 9.97. The average molecular weight is 329 g/mol. The molecular weight excluding hydrogens is 310 g/mol. The van der Waals surface area contributed by atoms with Crippen molar-refractivity contribution in [1.82, 2.24) is 19.7 Å². The minimum absolute atomic E-state index is 0.0930. The fourth-order valence-corrected chi connectivity index (χ4v) is 2.81. The summed E-state index contributed by atoms with van der Waals surface area (Å²) in [6, 6.07) is 7.43. The first-order valence-corrected chi connectivity index (χ1v) is 7.76. The lowest BCUT2D eigenvalue weighted by Gasteiger charge is -2.30. The van der Waals surface area contributed by atoms with Crippen molar-refractivity contribution in [1.29, 1.82) is 0 Å². The Morgan fingerprint density at radius 1 is 1.29 bits per heavy atom. The van der Waals surface area contributed by atoms with Crippen molar-refractivity contribution in [3.05, 3.63) is 36.9 Å². The monoisotopic (exact) mass is 329 g/mol. The predicted molar refractivity (Wildman–Crippen MR) is 86.7 cm³/mol. The van der Waals surface area contributed by atoms with Crippen molar-refractivity contribution in [2.24, 2.45) is 5.92 Å². The van der Waals surface area contributed by atoms with Crippen LogP contribution < -0.4 is 5.32 Å². The number of hydrogen-bond donors (Lipinski definition) is 1. The largest absolute Gasteiger partial charge is 0.453 e. The standard InChI is InChI=1S/C16H19N5O3/c1-24-16(23)20-7-3-4-12(9-20)15(22)19-13-5-2-6-14(8-13)21-10-17-18-11-21/h2,5-6,8,10-12H,3-4,7,9H2,1H3,(H,19,22). The van der Waals surface area contributed by atoms with Crippen molar-refractivity contribution >= 4 is 17.7 Å². The van der Waals surface area contributed by atoms with Crippen LogP contribution in [0, 0.1) is 5.92 Å². The van der Waals surface area contributed by atoms with Gasteiger partial charge in [-0.05, 0) is 31.0 Å². The topological polar surface area (TPSA) is 89.4 Å². The van der Waals surface area contributed by atoms with Crippen LogP contribution in [-0.4, -0.2) is 51.9 Å². The van der Waals surface area contributed by atoms with Crippen LogP contribution in [0.15, 0.2) is 36.9 Å². The fraction of sp³-hybridized carbons (Fsp3) is 0.375. The molecule has 0 radical (unpaired) electrons. The summed E-state index contributed by atoms with van der Waals surface area (Å²) in [7, 11) is 1.35. The number of likely N-dealkylation sites (tertiary alicyclic amines) is 1. The van der Waals surface area contributed by atoms with E-state index in [0.29, 0.717) is 18.8 Å². The molecule has 0 aliphatic carbocycles. The van der Waals surface area contributed by atoms with Crippen molar-refractivity contribution < 1.29 is 14.3 Å². The van der Waals surface area contributed by atoms with Crippen LogP contribution >= 0.6 is 0 Å². The molecular formula is C16H19N5O3. The van der Waals surface area contributed by atoms with Crippen LogP contribution in [0.1, 0.15) is 12.8 Å². The molecule has 0 spiro atoms. The number of ether oxygens (including phenoxy) is 1. The second kappa shape index (κ2) is 7.12. The van der Waals surface area contributed by atoms with Crippen molar-refractivity contribution in [3.8, 4) is 5.69 Å². The number of methoxy groups -OCH3 is 1. The van der Waals surface area contributed by atoms with E-state index in [0.717, 1.165) is 18.5 Å². The third-order valence-corrected chi connectivity index (χ3v) is 4.06. The van der Waals surface area contributed by atoms with Crippen LogP contribution in [0.2, 0.25) is 0 Å². The van der Waals surface area contributed by atoms with E-state index in [1.54, 1.807) is 22.1 Å². The Labute approximate surface area is 139 Å². The molecule has 1 aromatic carbocycles. The number of aromatic nitrogens is 3. The number of nitrogens with zero attached hydrogens (tertiary/aromatic N) is 4. The smallest absolute Gasteiger partial charge is 0.409 e. The Kier molecular flexibility index (Phi) is 4.74. The molecule has 0 saturated carbocycles. The number of carbonyl (C=O) groups is 2. The molecule has 1 atom stereocenters. The Morgan fingerprint density at radius 2 is 2.08 bits per heavy atom. The van der Waals surface area contributed by atoms with Crippen molar-refractivity contribution in [2.75, 3.05) is 25.5 Å². The normalized spacial score (nSPS) is 17.4. The average Bonchev–Trinajstić information content (AvgIpc) is 3.16. The zero-order valence-electron chi connectivity index (χ0n) is 13.4. The van der Waals surface area contributed by atoms with Crippen LogP contribution in [0.5, 0.6) is 0 Å². The van der Waals surface area contributed by atoms with Gasteiger partial charge in [-0.2, -0.15) is 0 Å². The molecule has 1 aliphatic heterocycles. The van der Waals surface area contributed by atoms with Gasteiger partial charge in [-0.3, -0.25) is 9.36 Å². The molecule has 1 N–H and O–H groups in total. The highest BCUT2D eigenvalue weighted by Gasteiger charge is 2.28. The maximum absolute atomic E-state index is 12.5. The summed E-state index contributed by atoms with van der Waals surface area (Å²) < 4.78 is 6.49. The number of piperidine rings is 1. The van der Waals surface area contributed by atoms with Crippen LogP contribution in [0.25, 0.3) is 5.69 Å². The highest BCUT2D eigenvalue weighted by molar-refractivity contribution is 5.93. The van der Waals surface area contributed by atoms with Crippen LogP contribution in [0.3, 0.4) is 0 Å². The molecule has 2 amide bonds. The fourth-order valence-electron chi connectivity index (χ4n) is 2.81. The number of anilines is 1. The number of hydrogen-bond acceptors (Lipinski definition) is 5. The number of benzene rings is 1. The van der Waals surface area contributed by atoms with Gasteiger partial charge in [-0.15, -0.1) is 10.2 Å². The van der Waals surface area contributed by atoms with Gasteiger partial charge in [-0.25, -0.2) is 4.79 Å². The molecule has 1 unspecified atom stereocenters. The quantitative estimate of drug-likeness (QED) is 0.925. The Hall–Kier alpha value is -2.90. The summed E-state index contributed by atoms with van der Waals surface area (Å²) in [5.74, 6) is -0.332. The van der Waals surface area contributed by atoms with E-state index < -0.39 is 0 Å². The van der Waals surface area contributed by atoms with Gasteiger partial charge in [0.05, 0.1) is 18.7 Å². The number of carbonyl (C=O) groups excluding carboxylic acids is 2. The minimum Gasteiger partial charge on any atom is -0.453 e. The van der Waals surface area contributed by atoms with E-state index in [2.05, 4.69) is 15.5 Å². The summed E-state index contributed by atoms with van der Waals surface area (Å²) in [6.07, 6.45) is 4.34. The summed E-state index contributed by atoms with van der Waals surface area (Å²) in [6.45, 7) is 1.00. The molecule has 1 aliphatic rings. The van der Waals surface area contributed by atoms with E-state index >= 15 is 0 Å². The molecule has 8 nitrogen and oxygen atoms in total. The molecule has 2 heterocycles. The first-order chi connectivity index (χ1) is 11.7. The number of rotatable bonds is 3. The van der Waals surface area contributed by atoms with Gasteiger partial charge in [0, 0.05) is 18.8 Å². The third-order valence-electron chi connectivity index (χ3n) is 4.06. The molecule has 126 valence electrons. The molecule has 1 aromatic heterocycles. The van der Waals surface area contributed by atoms with Crippen molar-refractivity contribution in [2.45, 2.75) is 12.8 Å². The van der Waals surface area contributed by atoms with Gasteiger partial charge in [0.25, 0.3) is 0 Å². The maximum atomic E-state index is 12.5. The lowest BCUT2D eigenvalue weighted by Crippen LogP contribution is -2.43. The van der Waals surface area contributed by atoms with Gasteiger partial charge < -0.3 is 15.0 Å². The Bertz CT molecular complexity index is 716. The van der Waals surface area contributed by atoms with Crippen LogP contribution in [0.4, 0.5) is 10.5 Å².